The molecule has 11 N–H and O–H groups in total. The molecule has 0 spiro atoms. The molecule has 2 heterocycles. The van der Waals surface area contributed by atoms with Crippen LogP contribution < -0.4 is 80.7 Å². The fourth-order valence-electron chi connectivity index (χ4n) is 13.8. The van der Waals surface area contributed by atoms with Gasteiger partial charge in [0.2, 0.25) is 0 Å². The lowest BCUT2D eigenvalue weighted by Gasteiger charge is -2.18. The molecule has 9 aromatic carbocycles. The number of aromatic nitrogens is 3. The molecule has 0 aliphatic heterocycles. The van der Waals surface area contributed by atoms with Crippen molar-refractivity contribution in [2.75, 3.05) is 96.3 Å². The number of aliphatic hydroxyl groups is 2. The van der Waals surface area contributed by atoms with Crippen molar-refractivity contribution in [3.05, 3.63) is 276 Å². The Kier molecular flexibility index (Phi) is 52.5. The quantitative estimate of drug-likeness (QED) is 0.0134. The number of carbonyl (C=O) groups excluding carboxylic acids is 7. The third-order valence-electron chi connectivity index (χ3n) is 20.9. The van der Waals surface area contributed by atoms with Gasteiger partial charge < -0.3 is 95.6 Å². The van der Waals surface area contributed by atoms with Gasteiger partial charge in [-0.25, -0.2) is 4.98 Å². The van der Waals surface area contributed by atoms with Crippen molar-refractivity contribution in [1.29, 1.82) is 0 Å². The lowest BCUT2D eigenvalue weighted by molar-refractivity contribution is -0.0513. The number of nitrogens with zero attached hydrogens (tertiary/aromatic N) is 3. The number of nitrogens with two attached hydrogens (primary N) is 2. The summed E-state index contributed by atoms with van der Waals surface area (Å²) < 4.78 is 100. The maximum Gasteiger partial charge on any atom is 0.387 e. The third kappa shape index (κ3) is 39.3. The first kappa shape index (κ1) is 119. The molecule has 0 bridgehead atoms. The number of alkyl halides is 4. The SMILES string of the molecule is CCCCCCNC(=O)c1cccc(C)c1OC.COCCNC(=O)c1cccc(C)c1OC.COc1c(C)cccc1-c1ccnn1C.COc1c(C)cccc1-c1sc(C)nc1C.COc1c(C)cccc1C(=O)NC1CC1.COc1c(C)cccc1C(=O)NCC(C)(C)O.COc1c(C)cccc1C(=O)NCCCO.Cc1cccc(C(N)=O)c1OC(F)F.Cc1cccc(C(N)=O)c1OC(F)F. The first-order chi connectivity index (χ1) is 67.1. The number of rotatable bonds is 34. The largest absolute Gasteiger partial charge is 0.496 e. The molecule has 0 saturated heterocycles. The van der Waals surface area contributed by atoms with Gasteiger partial charge in [-0.05, 0) is 226 Å². The van der Waals surface area contributed by atoms with Gasteiger partial charge in [-0.3, -0.25) is 38.2 Å². The molecule has 1 saturated carbocycles. The van der Waals surface area contributed by atoms with Crippen LogP contribution in [0, 0.1) is 76.2 Å². The molecule has 141 heavy (non-hydrogen) atoms. The highest BCUT2D eigenvalue weighted by molar-refractivity contribution is 7.15. The van der Waals surface area contributed by atoms with Crippen molar-refractivity contribution in [1.82, 2.24) is 41.3 Å². The lowest BCUT2D eigenvalue weighted by atomic mass is 10.1. The molecule has 1 aliphatic carbocycles. The minimum atomic E-state index is -2.96. The van der Waals surface area contributed by atoms with Crippen LogP contribution in [0.4, 0.5) is 17.6 Å². The summed E-state index contributed by atoms with van der Waals surface area (Å²) in [6, 6.07) is 51.1. The molecule has 0 unspecified atom stereocenters. The van der Waals surface area contributed by atoms with Gasteiger partial charge in [-0.15, -0.1) is 11.3 Å². The number of thiazole rings is 1. The van der Waals surface area contributed by atoms with E-state index < -0.39 is 30.6 Å². The normalized spacial score (nSPS) is 10.8. The molecule has 29 nitrogen and oxygen atoms in total. The standard InChI is InChI=1S/C15H23NO2.C13H19NO3.C13H15NOS.C12H14N2O.2C12H17NO3.C12H15NO2.2C9H9F2NO2/c1-4-5-6-7-11-16-15(17)13-10-8-9-12(2)14(13)18-3;1-9-6-5-7-10(11(9)17-4)12(15)14-8-13(2,3)16;1-8-6-5-7-11(12(8)15-4)13-9(2)14-10(3)16-13;1-9-5-4-6-10(12(9)15-3)11-7-8-13-14(11)2;1-9-5-4-6-10(11(9)16-3)12(14)13-7-8-15-2;1-9-5-3-6-10(11(9)16-2)12(15)13-7-4-8-14;1-8-4-3-5-10(11(8)15-2)12(14)13-9-6-7-9;2*1-5-3-2-4-6(8(12)13)7(5)14-9(10)11/h8-10H,4-7,11H2,1-3H3,(H,16,17);5-7,16H,8H2,1-4H3,(H,14,15);5-7H,1-4H3;4-8H,1-3H3;4-6H,7-8H2,1-3H3,(H,13,14);3,5-6,14H,4,7-8H2,1-2H3,(H,13,15);3-5,9H,6-7H2,1-2H3,(H,13,14);2*2-4,9H,1H3,(H2,12,13). The maximum absolute atomic E-state index is 12.0. The number of unbranched alkanes of at least 4 members (excludes halogenated alkanes) is 3. The number of hydrogen-bond donors (Lipinski definition) is 9. The molecule has 0 atom stereocenters. The van der Waals surface area contributed by atoms with E-state index in [1.54, 1.807) is 156 Å². The second-order valence-electron chi connectivity index (χ2n) is 32.6. The smallest absolute Gasteiger partial charge is 0.387 e. The maximum atomic E-state index is 12.0. The predicted octanol–water partition coefficient (Wildman–Crippen LogP) is 18.7. The minimum Gasteiger partial charge on any atom is -0.496 e. The number of ether oxygens (including phenoxy) is 10. The number of aryl methyl sites for hydroxylation is 12. The number of benzene rings is 9. The molecular weight excluding hydrogens is 1840 g/mol. The summed E-state index contributed by atoms with van der Waals surface area (Å²) in [7, 11) is 14.8. The van der Waals surface area contributed by atoms with Crippen LogP contribution in [0.5, 0.6) is 51.7 Å². The Bertz CT molecular complexity index is 5680. The lowest BCUT2D eigenvalue weighted by Crippen LogP contribution is -2.38. The number of halogens is 4. The zero-order valence-corrected chi connectivity index (χ0v) is 85.7. The number of nitrogens with one attached hydrogen (secondary N) is 5. The van der Waals surface area contributed by atoms with E-state index in [4.69, 9.17) is 54.5 Å². The van der Waals surface area contributed by atoms with Crippen molar-refractivity contribution in [3.63, 3.8) is 0 Å². The zero-order valence-electron chi connectivity index (χ0n) is 84.9. The Morgan fingerprint density at radius 1 is 0.426 bits per heavy atom. The van der Waals surface area contributed by atoms with Crippen molar-refractivity contribution in [2.45, 2.75) is 167 Å². The topological polar surface area (TPSA) is 395 Å². The van der Waals surface area contributed by atoms with Gasteiger partial charge in [-0.1, -0.05) is 135 Å². The van der Waals surface area contributed by atoms with Crippen molar-refractivity contribution < 1.29 is 109 Å². The summed E-state index contributed by atoms with van der Waals surface area (Å²) in [6.07, 6.45) is 9.18. The van der Waals surface area contributed by atoms with Crippen LogP contribution in [-0.2, 0) is 11.8 Å². The summed E-state index contributed by atoms with van der Waals surface area (Å²) in [4.78, 5) is 86.7. The zero-order chi connectivity index (χ0) is 105. The Morgan fingerprint density at radius 3 is 1.05 bits per heavy atom. The van der Waals surface area contributed by atoms with Gasteiger partial charge in [0.1, 0.15) is 51.7 Å². The summed E-state index contributed by atoms with van der Waals surface area (Å²) in [5.74, 6) is 2.49. The number of primary amides is 2. The second-order valence-corrected chi connectivity index (χ2v) is 33.8. The van der Waals surface area contributed by atoms with E-state index in [9.17, 15) is 56.2 Å². The fraction of sp³-hybridized carbons (Fsp3) is 0.374. The Morgan fingerprint density at radius 2 is 0.745 bits per heavy atom. The first-order valence-electron chi connectivity index (χ1n) is 45.4. The molecule has 1 fully saturated rings. The molecule has 0 radical (unpaired) electrons. The number of aliphatic hydroxyl groups excluding tert-OH is 1. The van der Waals surface area contributed by atoms with Gasteiger partial charge in [0.25, 0.3) is 41.4 Å². The van der Waals surface area contributed by atoms with Crippen LogP contribution in [0.25, 0.3) is 21.7 Å². The first-order valence-corrected chi connectivity index (χ1v) is 46.2. The molecule has 12 rings (SSSR count). The fourth-order valence-corrected chi connectivity index (χ4v) is 14.8. The molecule has 764 valence electrons. The van der Waals surface area contributed by atoms with Crippen LogP contribution in [0.15, 0.2) is 176 Å². The summed E-state index contributed by atoms with van der Waals surface area (Å²) >= 11 is 1.71. The highest BCUT2D eigenvalue weighted by atomic mass is 32.1. The van der Waals surface area contributed by atoms with Gasteiger partial charge in [0.05, 0.1) is 122 Å². The van der Waals surface area contributed by atoms with E-state index in [1.165, 1.54) is 43.4 Å². The summed E-state index contributed by atoms with van der Waals surface area (Å²) in [5, 5.41) is 37.5. The highest BCUT2D eigenvalue weighted by Crippen LogP contribution is 2.39. The monoisotopic (exact) mass is 1970 g/mol. The third-order valence-corrected chi connectivity index (χ3v) is 22.0. The average Bonchev–Trinajstić information content (AvgIpc) is 1.68. The number of para-hydroxylation sites is 9. The highest BCUT2D eigenvalue weighted by Gasteiger charge is 2.27. The number of methoxy groups -OCH3 is 8. The number of carbonyl (C=O) groups is 7. The van der Waals surface area contributed by atoms with Crippen LogP contribution >= 0.6 is 11.3 Å². The van der Waals surface area contributed by atoms with E-state index in [1.807, 2.05) is 146 Å². The van der Waals surface area contributed by atoms with Gasteiger partial charge >= 0.3 is 13.2 Å². The van der Waals surface area contributed by atoms with E-state index in [-0.39, 0.29) is 65.3 Å². The molecule has 34 heteroatoms. The van der Waals surface area contributed by atoms with Gasteiger partial charge in [-0.2, -0.15) is 22.7 Å². The van der Waals surface area contributed by atoms with Gasteiger partial charge in [0.15, 0.2) is 0 Å². The van der Waals surface area contributed by atoms with E-state index in [0.29, 0.717) is 99.9 Å². The molecule has 7 amide bonds. The van der Waals surface area contributed by atoms with Crippen molar-refractivity contribution in [3.8, 4) is 73.4 Å². The second kappa shape index (κ2) is 62.1. The predicted molar refractivity (Wildman–Crippen MR) is 543 cm³/mol. The molecule has 11 aromatic rings. The van der Waals surface area contributed by atoms with Crippen molar-refractivity contribution >= 4 is 52.7 Å². The van der Waals surface area contributed by atoms with Gasteiger partial charge in [0, 0.05) is 70.3 Å². The van der Waals surface area contributed by atoms with E-state index >= 15 is 0 Å². The number of hydrogen-bond acceptors (Lipinski definition) is 22. The van der Waals surface area contributed by atoms with Crippen LogP contribution in [0.2, 0.25) is 0 Å². The minimum absolute atomic E-state index is 0.0296. The molecular formula is C107H138F4N10O19S. The van der Waals surface area contributed by atoms with Crippen molar-refractivity contribution in [2.24, 2.45) is 18.5 Å². The average molecular weight is 1980 g/mol. The summed E-state index contributed by atoms with van der Waals surface area (Å²) in [5.41, 5.74) is 24.1. The van der Waals surface area contributed by atoms with E-state index in [0.717, 1.165) is 104 Å². The Balaban J connectivity index is 0.000000331. The summed E-state index contributed by atoms with van der Waals surface area (Å²) in [6.45, 7) is 22.8. The van der Waals surface area contributed by atoms with Crippen LogP contribution in [0.1, 0.15) is 199 Å². The Labute approximate surface area is 829 Å². The molecule has 1 aliphatic rings. The van der Waals surface area contributed by atoms with Crippen LogP contribution in [-0.4, -0.2) is 187 Å². The Hall–Kier alpha value is -14.1. The van der Waals surface area contributed by atoms with Crippen LogP contribution in [0.3, 0.4) is 0 Å². The number of amides is 7. The van der Waals surface area contributed by atoms with E-state index in [2.05, 4.69) is 78.2 Å². The molecule has 2 aromatic heterocycles.